The van der Waals surface area contributed by atoms with Crippen molar-refractivity contribution in [2.24, 2.45) is 0 Å². The third kappa shape index (κ3) is 4.92. The zero-order chi connectivity index (χ0) is 18.4. The summed E-state index contributed by atoms with van der Waals surface area (Å²) in [5.74, 6) is -2.18. The lowest BCUT2D eigenvalue weighted by molar-refractivity contribution is -0.134. The molecule has 7 heteroatoms. The fourth-order valence-electron chi connectivity index (χ4n) is 1.96. The quantitative estimate of drug-likeness (QED) is 0.632. The van der Waals surface area contributed by atoms with Crippen LogP contribution in [0.15, 0.2) is 54.6 Å². The number of nitrogens with one attached hydrogen (secondary N) is 1. The van der Waals surface area contributed by atoms with Gasteiger partial charge in [0, 0.05) is 16.7 Å². The molecule has 0 saturated heterocycles. The first-order chi connectivity index (χ1) is 11.9. The van der Waals surface area contributed by atoms with E-state index in [-0.39, 0.29) is 11.3 Å². The van der Waals surface area contributed by atoms with Crippen molar-refractivity contribution >= 4 is 35.1 Å². The minimum absolute atomic E-state index is 0.0881. The van der Waals surface area contributed by atoms with Gasteiger partial charge in [-0.15, -0.1) is 0 Å². The molecule has 0 fully saturated rings. The van der Waals surface area contributed by atoms with Crippen LogP contribution in [0, 0.1) is 0 Å². The molecule has 128 valence electrons. The maximum absolute atomic E-state index is 12.3. The largest absolute Gasteiger partial charge is 0.478 e. The first-order valence-electron chi connectivity index (χ1n) is 7.11. The highest BCUT2D eigenvalue weighted by Gasteiger charge is 2.12. The molecule has 0 unspecified atom stereocenters. The van der Waals surface area contributed by atoms with E-state index in [1.165, 1.54) is 31.4 Å². The first kappa shape index (κ1) is 18.2. The topological polar surface area (TPSA) is 92.7 Å². The van der Waals surface area contributed by atoms with E-state index in [4.69, 9.17) is 16.7 Å². The number of rotatable bonds is 5. The fourth-order valence-corrected chi connectivity index (χ4v) is 2.08. The summed E-state index contributed by atoms with van der Waals surface area (Å²) in [7, 11) is 1.21. The van der Waals surface area contributed by atoms with Crippen molar-refractivity contribution in [2.45, 2.75) is 0 Å². The molecule has 0 aliphatic heterocycles. The normalized spacial score (nSPS) is 10.9. The zero-order valence-corrected chi connectivity index (χ0v) is 13.9. The predicted octanol–water partition coefficient (Wildman–Crippen LogP) is 2.98. The molecule has 0 bridgehead atoms. The van der Waals surface area contributed by atoms with E-state index in [9.17, 15) is 14.4 Å². The SMILES string of the molecule is COC(=O)/C=C(/NC(=O)c1ccc(Cl)cc1)c1ccc(C(=O)O)cc1. The molecule has 6 nitrogen and oxygen atoms in total. The molecule has 0 heterocycles. The number of halogens is 1. The Balaban J connectivity index is 2.31. The number of hydrogen-bond acceptors (Lipinski definition) is 4. The average molecular weight is 360 g/mol. The number of amides is 1. The summed E-state index contributed by atoms with van der Waals surface area (Å²) in [4.78, 5) is 34.8. The fraction of sp³-hybridized carbons (Fsp3) is 0.0556. The number of carboxylic acids is 1. The Hall–Kier alpha value is -3.12. The summed E-state index contributed by atoms with van der Waals surface area (Å²) in [6.45, 7) is 0. The molecule has 1 amide bonds. The number of carbonyl (C=O) groups is 3. The molecule has 2 rings (SSSR count). The van der Waals surface area contributed by atoms with Crippen LogP contribution in [0.5, 0.6) is 0 Å². The second-order valence-corrected chi connectivity index (χ2v) is 5.36. The van der Waals surface area contributed by atoms with Crippen LogP contribution in [-0.4, -0.2) is 30.1 Å². The number of carbonyl (C=O) groups excluding carboxylic acids is 2. The van der Waals surface area contributed by atoms with Gasteiger partial charge in [0.05, 0.1) is 18.4 Å². The number of hydrogen-bond donors (Lipinski definition) is 2. The van der Waals surface area contributed by atoms with Crippen LogP contribution in [0.4, 0.5) is 0 Å². The van der Waals surface area contributed by atoms with Crippen molar-refractivity contribution in [3.63, 3.8) is 0 Å². The van der Waals surface area contributed by atoms with Crippen molar-refractivity contribution in [3.05, 3.63) is 76.3 Å². The van der Waals surface area contributed by atoms with E-state index in [1.54, 1.807) is 24.3 Å². The number of methoxy groups -OCH3 is 1. The third-order valence-corrected chi connectivity index (χ3v) is 3.51. The van der Waals surface area contributed by atoms with Gasteiger partial charge < -0.3 is 15.2 Å². The number of aromatic carboxylic acids is 1. The summed E-state index contributed by atoms with van der Waals surface area (Å²) < 4.78 is 4.59. The molecule has 0 radical (unpaired) electrons. The van der Waals surface area contributed by atoms with Crippen molar-refractivity contribution in [3.8, 4) is 0 Å². The van der Waals surface area contributed by atoms with E-state index in [0.717, 1.165) is 6.08 Å². The van der Waals surface area contributed by atoms with Crippen LogP contribution < -0.4 is 5.32 Å². The van der Waals surface area contributed by atoms with Crippen LogP contribution in [0.1, 0.15) is 26.3 Å². The maximum Gasteiger partial charge on any atom is 0.335 e. The predicted molar refractivity (Wildman–Crippen MR) is 92.3 cm³/mol. The number of ether oxygens (including phenoxy) is 1. The van der Waals surface area contributed by atoms with E-state index in [2.05, 4.69) is 10.1 Å². The molecule has 0 aliphatic rings. The van der Waals surface area contributed by atoms with Gasteiger partial charge in [0.1, 0.15) is 0 Å². The molecule has 0 aliphatic carbocycles. The van der Waals surface area contributed by atoms with Crippen LogP contribution in [0.2, 0.25) is 5.02 Å². The van der Waals surface area contributed by atoms with Gasteiger partial charge in [0.2, 0.25) is 0 Å². The van der Waals surface area contributed by atoms with Crippen molar-refractivity contribution < 1.29 is 24.2 Å². The molecule has 25 heavy (non-hydrogen) atoms. The highest BCUT2D eigenvalue weighted by atomic mass is 35.5. The van der Waals surface area contributed by atoms with Gasteiger partial charge in [-0.1, -0.05) is 23.7 Å². The first-order valence-corrected chi connectivity index (χ1v) is 7.49. The molecule has 2 aromatic carbocycles. The smallest absolute Gasteiger partial charge is 0.335 e. The average Bonchev–Trinajstić information content (AvgIpc) is 2.61. The van der Waals surface area contributed by atoms with Gasteiger partial charge in [0.15, 0.2) is 0 Å². The zero-order valence-electron chi connectivity index (χ0n) is 13.2. The monoisotopic (exact) mass is 359 g/mol. The van der Waals surface area contributed by atoms with Crippen LogP contribution in [0.25, 0.3) is 5.70 Å². The van der Waals surface area contributed by atoms with Crippen molar-refractivity contribution in [1.82, 2.24) is 5.32 Å². The lowest BCUT2D eigenvalue weighted by atomic mass is 10.1. The Bertz CT molecular complexity index is 826. The minimum atomic E-state index is -1.07. The van der Waals surface area contributed by atoms with Crippen molar-refractivity contribution in [1.29, 1.82) is 0 Å². The van der Waals surface area contributed by atoms with Gasteiger partial charge in [0.25, 0.3) is 5.91 Å². The lowest BCUT2D eigenvalue weighted by Gasteiger charge is -2.11. The summed E-state index contributed by atoms with van der Waals surface area (Å²) in [6, 6.07) is 11.9. The molecule has 2 N–H and O–H groups in total. The summed E-state index contributed by atoms with van der Waals surface area (Å²) in [5, 5.41) is 12.1. The Kier molecular flexibility index (Phi) is 5.92. The summed E-state index contributed by atoms with van der Waals surface area (Å²) >= 11 is 5.79. The maximum atomic E-state index is 12.3. The van der Waals surface area contributed by atoms with E-state index >= 15 is 0 Å². The van der Waals surface area contributed by atoms with E-state index in [1.807, 2.05) is 0 Å². The summed E-state index contributed by atoms with van der Waals surface area (Å²) in [6.07, 6.45) is 1.11. The standard InChI is InChI=1S/C18H14ClNO5/c1-25-16(21)10-15(11-2-4-13(5-3-11)18(23)24)20-17(22)12-6-8-14(19)9-7-12/h2-10H,1H3,(H,20,22)(H,23,24)/b15-10+. The molecule has 2 aromatic rings. The second kappa shape index (κ2) is 8.12. The molecular formula is C18H14ClNO5. The molecule has 0 spiro atoms. The number of benzene rings is 2. The van der Waals surface area contributed by atoms with E-state index in [0.29, 0.717) is 16.1 Å². The highest BCUT2D eigenvalue weighted by Crippen LogP contribution is 2.15. The van der Waals surface area contributed by atoms with Gasteiger partial charge in [-0.05, 0) is 42.0 Å². The molecule has 0 saturated carbocycles. The van der Waals surface area contributed by atoms with Crippen LogP contribution in [0.3, 0.4) is 0 Å². The molecule has 0 atom stereocenters. The Morgan fingerprint density at radius 1 is 0.960 bits per heavy atom. The molecule has 0 aromatic heterocycles. The van der Waals surface area contributed by atoms with E-state index < -0.39 is 17.8 Å². The lowest BCUT2D eigenvalue weighted by Crippen LogP contribution is -2.22. The third-order valence-electron chi connectivity index (χ3n) is 3.26. The second-order valence-electron chi connectivity index (χ2n) is 4.92. The van der Waals surface area contributed by atoms with Crippen LogP contribution >= 0.6 is 11.6 Å². The van der Waals surface area contributed by atoms with Gasteiger partial charge in [-0.25, -0.2) is 9.59 Å². The van der Waals surface area contributed by atoms with Gasteiger partial charge in [-0.2, -0.15) is 0 Å². The number of carboxylic acid groups (broad SMARTS) is 1. The number of esters is 1. The minimum Gasteiger partial charge on any atom is -0.478 e. The van der Waals surface area contributed by atoms with Gasteiger partial charge in [-0.3, -0.25) is 4.79 Å². The summed E-state index contributed by atoms with van der Waals surface area (Å²) in [5.41, 5.74) is 1.08. The molecular weight excluding hydrogens is 346 g/mol. The Morgan fingerprint density at radius 3 is 2.00 bits per heavy atom. The Labute approximate surface area is 148 Å². The van der Waals surface area contributed by atoms with Crippen LogP contribution in [-0.2, 0) is 9.53 Å². The highest BCUT2D eigenvalue weighted by molar-refractivity contribution is 6.30. The Morgan fingerprint density at radius 2 is 1.48 bits per heavy atom. The van der Waals surface area contributed by atoms with Crippen molar-refractivity contribution in [2.75, 3.05) is 7.11 Å². The van der Waals surface area contributed by atoms with Gasteiger partial charge >= 0.3 is 11.9 Å².